The zero-order valence-electron chi connectivity index (χ0n) is 15.4. The molecule has 134 valence electrons. The van der Waals surface area contributed by atoms with E-state index in [4.69, 9.17) is 0 Å². The molecule has 5 rings (SSSR count). The van der Waals surface area contributed by atoms with Crippen molar-refractivity contribution in [2.75, 3.05) is 19.0 Å². The average molecular weight is 339 g/mol. The smallest absolute Gasteiger partial charge is 0.246 e. The fourth-order valence-corrected chi connectivity index (χ4v) is 5.61. The molecule has 4 aliphatic carbocycles. The molecule has 4 fully saturated rings. The summed E-state index contributed by atoms with van der Waals surface area (Å²) in [6.07, 6.45) is 10.4. The SMILES string of the molecule is CN(C)c1ccc(/C=N\NC(=O)C23CC4C[C@@H](CC[C@@H](C4)C2)C3)cc1. The predicted molar refractivity (Wildman–Crippen MR) is 102 cm³/mol. The third kappa shape index (κ3) is 3.31. The Balaban J connectivity index is 1.42. The molecule has 1 aromatic carbocycles. The van der Waals surface area contributed by atoms with Gasteiger partial charge in [0.15, 0.2) is 0 Å². The van der Waals surface area contributed by atoms with E-state index < -0.39 is 0 Å². The van der Waals surface area contributed by atoms with Crippen molar-refractivity contribution in [2.45, 2.75) is 44.9 Å². The maximum atomic E-state index is 13.0. The molecule has 1 aromatic rings. The Morgan fingerprint density at radius 3 is 2.28 bits per heavy atom. The number of hydrazone groups is 1. The summed E-state index contributed by atoms with van der Waals surface area (Å²) >= 11 is 0. The van der Waals surface area contributed by atoms with Gasteiger partial charge in [0.1, 0.15) is 0 Å². The zero-order chi connectivity index (χ0) is 17.4. The molecule has 0 spiro atoms. The maximum Gasteiger partial charge on any atom is 0.246 e. The van der Waals surface area contributed by atoms with Gasteiger partial charge < -0.3 is 4.90 Å². The Labute approximate surface area is 150 Å². The molecular formula is C21H29N3O. The van der Waals surface area contributed by atoms with Crippen molar-refractivity contribution in [3.8, 4) is 0 Å². The molecule has 1 N–H and O–H groups in total. The van der Waals surface area contributed by atoms with Crippen molar-refractivity contribution < 1.29 is 4.79 Å². The fourth-order valence-electron chi connectivity index (χ4n) is 5.61. The van der Waals surface area contributed by atoms with Crippen molar-refractivity contribution in [3.05, 3.63) is 29.8 Å². The van der Waals surface area contributed by atoms with Gasteiger partial charge in [-0.05, 0) is 67.6 Å². The topological polar surface area (TPSA) is 44.7 Å². The minimum Gasteiger partial charge on any atom is -0.378 e. The van der Waals surface area contributed by atoms with Gasteiger partial charge in [-0.3, -0.25) is 4.79 Å². The summed E-state index contributed by atoms with van der Waals surface area (Å²) in [6.45, 7) is 0. The largest absolute Gasteiger partial charge is 0.378 e. The Morgan fingerprint density at radius 1 is 1.08 bits per heavy atom. The molecule has 25 heavy (non-hydrogen) atoms. The van der Waals surface area contributed by atoms with Gasteiger partial charge in [0.25, 0.3) is 0 Å². The third-order valence-electron chi connectivity index (χ3n) is 6.63. The second kappa shape index (κ2) is 6.47. The summed E-state index contributed by atoms with van der Waals surface area (Å²) in [5.74, 6) is 2.46. The molecule has 4 nitrogen and oxygen atoms in total. The van der Waals surface area contributed by atoms with Crippen LogP contribution >= 0.6 is 0 Å². The first-order valence-corrected chi connectivity index (χ1v) is 9.65. The molecular weight excluding hydrogens is 310 g/mol. The lowest BCUT2D eigenvalue weighted by Crippen LogP contribution is -2.47. The van der Waals surface area contributed by atoms with Gasteiger partial charge in [-0.25, -0.2) is 5.43 Å². The van der Waals surface area contributed by atoms with Crippen LogP contribution in [0.5, 0.6) is 0 Å². The van der Waals surface area contributed by atoms with E-state index in [1.54, 1.807) is 6.21 Å². The molecule has 0 saturated heterocycles. The van der Waals surface area contributed by atoms with Crippen molar-refractivity contribution in [1.82, 2.24) is 5.43 Å². The third-order valence-corrected chi connectivity index (χ3v) is 6.63. The number of carbonyl (C=O) groups is 1. The molecule has 0 aliphatic heterocycles. The number of fused-ring (bicyclic) bond motifs is 1. The van der Waals surface area contributed by atoms with Gasteiger partial charge >= 0.3 is 0 Å². The molecule has 4 bridgehead atoms. The molecule has 0 heterocycles. The first kappa shape index (κ1) is 16.6. The number of anilines is 1. The van der Waals surface area contributed by atoms with Gasteiger partial charge in [0, 0.05) is 19.8 Å². The summed E-state index contributed by atoms with van der Waals surface area (Å²) < 4.78 is 0. The van der Waals surface area contributed by atoms with E-state index >= 15 is 0 Å². The Kier molecular flexibility index (Phi) is 4.30. The summed E-state index contributed by atoms with van der Waals surface area (Å²) in [4.78, 5) is 15.0. The summed E-state index contributed by atoms with van der Waals surface area (Å²) in [5, 5.41) is 4.27. The highest BCUT2D eigenvalue weighted by atomic mass is 16.2. The van der Waals surface area contributed by atoms with Crippen molar-refractivity contribution in [2.24, 2.45) is 28.3 Å². The molecule has 4 saturated carbocycles. The van der Waals surface area contributed by atoms with Gasteiger partial charge in [-0.2, -0.15) is 5.10 Å². The minimum atomic E-state index is -0.140. The standard InChI is InChI=1S/C21H29N3O/c1-24(2)19-7-5-15(6-8-19)14-22-23-20(25)21-11-16-3-4-17(12-21)10-18(9-16)13-21/h5-8,14,16-18H,3-4,9-13H2,1-2H3,(H,23,25)/b22-14-/t16-,17+,18?,21?. The highest BCUT2D eigenvalue weighted by Gasteiger charge is 2.52. The summed E-state index contributed by atoms with van der Waals surface area (Å²) in [6, 6.07) is 8.18. The number of hydrogen-bond donors (Lipinski definition) is 1. The van der Waals surface area contributed by atoms with Crippen LogP contribution in [-0.2, 0) is 4.79 Å². The van der Waals surface area contributed by atoms with Crippen LogP contribution in [0.4, 0.5) is 5.69 Å². The lowest BCUT2D eigenvalue weighted by molar-refractivity contribution is -0.138. The first-order chi connectivity index (χ1) is 12.0. The second-order valence-electron chi connectivity index (χ2n) is 8.72. The van der Waals surface area contributed by atoms with Crippen molar-refractivity contribution >= 4 is 17.8 Å². The number of benzene rings is 1. The van der Waals surface area contributed by atoms with Crippen molar-refractivity contribution in [1.29, 1.82) is 0 Å². The Bertz CT molecular complexity index is 648. The number of carbonyl (C=O) groups excluding carboxylic acids is 1. The monoisotopic (exact) mass is 339 g/mol. The lowest BCUT2D eigenvalue weighted by atomic mass is 9.58. The number of amides is 1. The highest BCUT2D eigenvalue weighted by Crippen LogP contribution is 2.57. The van der Waals surface area contributed by atoms with Crippen LogP contribution in [0, 0.1) is 23.2 Å². The van der Waals surface area contributed by atoms with Gasteiger partial charge in [0.2, 0.25) is 5.91 Å². The normalized spacial score (nSPS) is 33.4. The fraction of sp³-hybridized carbons (Fsp3) is 0.619. The van der Waals surface area contributed by atoms with Crippen LogP contribution in [0.15, 0.2) is 29.4 Å². The predicted octanol–water partition coefficient (Wildman–Crippen LogP) is 3.81. The summed E-state index contributed by atoms with van der Waals surface area (Å²) in [5.41, 5.74) is 4.90. The highest BCUT2D eigenvalue weighted by molar-refractivity contribution is 5.86. The van der Waals surface area contributed by atoms with Crippen LogP contribution < -0.4 is 10.3 Å². The van der Waals surface area contributed by atoms with Crippen molar-refractivity contribution in [3.63, 3.8) is 0 Å². The minimum absolute atomic E-state index is 0.140. The molecule has 2 unspecified atom stereocenters. The lowest BCUT2D eigenvalue weighted by Gasteiger charge is -2.46. The van der Waals surface area contributed by atoms with Crippen LogP contribution in [-0.4, -0.2) is 26.2 Å². The van der Waals surface area contributed by atoms with Crippen LogP contribution in [0.1, 0.15) is 50.5 Å². The molecule has 4 heteroatoms. The second-order valence-corrected chi connectivity index (χ2v) is 8.72. The van der Waals surface area contributed by atoms with Gasteiger partial charge in [-0.1, -0.05) is 25.0 Å². The molecule has 0 aromatic heterocycles. The number of rotatable bonds is 4. The van der Waals surface area contributed by atoms with Gasteiger partial charge in [0.05, 0.1) is 11.6 Å². The molecule has 1 amide bonds. The zero-order valence-corrected chi connectivity index (χ0v) is 15.4. The van der Waals surface area contributed by atoms with Crippen LogP contribution in [0.3, 0.4) is 0 Å². The van der Waals surface area contributed by atoms with Gasteiger partial charge in [-0.15, -0.1) is 0 Å². The Hall–Kier alpha value is -1.84. The molecule has 4 atom stereocenters. The quantitative estimate of drug-likeness (QED) is 0.670. The van der Waals surface area contributed by atoms with E-state index in [9.17, 15) is 4.79 Å². The number of nitrogens with zero attached hydrogens (tertiary/aromatic N) is 2. The average Bonchev–Trinajstić information content (AvgIpc) is 2.81. The Morgan fingerprint density at radius 2 is 1.68 bits per heavy atom. The van der Waals surface area contributed by atoms with E-state index in [1.165, 1.54) is 25.7 Å². The molecule has 4 aliphatic rings. The van der Waals surface area contributed by atoms with E-state index in [2.05, 4.69) is 27.6 Å². The van der Waals surface area contributed by atoms with Crippen LogP contribution in [0.25, 0.3) is 0 Å². The molecule has 0 radical (unpaired) electrons. The van der Waals surface area contributed by atoms with E-state index in [-0.39, 0.29) is 11.3 Å². The van der Waals surface area contributed by atoms with E-state index in [0.29, 0.717) is 0 Å². The number of nitrogens with one attached hydrogen (secondary N) is 1. The maximum absolute atomic E-state index is 13.0. The van der Waals surface area contributed by atoms with E-state index in [1.807, 2.05) is 26.2 Å². The first-order valence-electron chi connectivity index (χ1n) is 9.65. The van der Waals surface area contributed by atoms with E-state index in [0.717, 1.165) is 48.3 Å². The summed E-state index contributed by atoms with van der Waals surface area (Å²) in [7, 11) is 4.05. The van der Waals surface area contributed by atoms with Crippen LogP contribution in [0.2, 0.25) is 0 Å². The number of hydrogen-bond acceptors (Lipinski definition) is 3.